The Labute approximate surface area is 188 Å². The minimum Gasteiger partial charge on any atom is -0.480 e. The summed E-state index contributed by atoms with van der Waals surface area (Å²) >= 11 is 5.47. The van der Waals surface area contributed by atoms with Crippen molar-refractivity contribution in [3.05, 3.63) is 0 Å². The summed E-state index contributed by atoms with van der Waals surface area (Å²) in [5.74, 6) is -2.21. The quantitative estimate of drug-likeness (QED) is 0.202. The van der Waals surface area contributed by atoms with Crippen LogP contribution in [0.5, 0.6) is 0 Å². The molecule has 0 aliphatic heterocycles. The van der Waals surface area contributed by atoms with Crippen molar-refractivity contribution in [1.29, 1.82) is 0 Å². The Morgan fingerprint density at radius 2 is 1.53 bits per heavy atom. The number of aliphatic carboxylic acids is 1. The highest BCUT2D eigenvalue weighted by atomic mass is 32.2. The largest absolute Gasteiger partial charge is 0.480 e. The van der Waals surface area contributed by atoms with Gasteiger partial charge in [0.05, 0.1) is 6.04 Å². The summed E-state index contributed by atoms with van der Waals surface area (Å²) in [5.41, 5.74) is 5.67. The summed E-state index contributed by atoms with van der Waals surface area (Å²) in [6, 6.07) is -3.71. The molecule has 0 bridgehead atoms. The molecule has 4 atom stereocenters. The summed E-state index contributed by atoms with van der Waals surface area (Å²) in [4.78, 5) is 49.1. The van der Waals surface area contributed by atoms with Crippen LogP contribution in [0.2, 0.25) is 0 Å². The van der Waals surface area contributed by atoms with Crippen LogP contribution < -0.4 is 21.7 Å². The Balaban J connectivity index is 5.33. The van der Waals surface area contributed by atoms with E-state index >= 15 is 0 Å². The smallest absolute Gasteiger partial charge is 0.326 e. The zero-order valence-corrected chi connectivity index (χ0v) is 20.0. The highest BCUT2D eigenvalue weighted by molar-refractivity contribution is 7.98. The van der Waals surface area contributed by atoms with Crippen molar-refractivity contribution in [2.45, 2.75) is 64.7 Å². The van der Waals surface area contributed by atoms with E-state index in [4.69, 9.17) is 5.73 Å². The number of nitrogens with one attached hydrogen (secondary N) is 3. The second kappa shape index (κ2) is 14.5. The summed E-state index contributed by atoms with van der Waals surface area (Å²) in [6.07, 6.45) is 2.48. The molecule has 0 aromatic rings. The van der Waals surface area contributed by atoms with Gasteiger partial charge in [0.25, 0.3) is 0 Å². The lowest BCUT2D eigenvalue weighted by molar-refractivity contribution is -0.142. The van der Waals surface area contributed by atoms with Gasteiger partial charge in [-0.1, -0.05) is 27.7 Å². The van der Waals surface area contributed by atoms with Gasteiger partial charge in [-0.2, -0.15) is 24.4 Å². The van der Waals surface area contributed by atoms with Crippen molar-refractivity contribution < 1.29 is 24.3 Å². The number of carboxylic acid groups (broad SMARTS) is 1. The maximum absolute atomic E-state index is 12.9. The first-order valence-electron chi connectivity index (χ1n) is 9.93. The molecule has 0 saturated carbocycles. The van der Waals surface area contributed by atoms with Crippen LogP contribution in [0.25, 0.3) is 0 Å². The van der Waals surface area contributed by atoms with E-state index in [0.717, 1.165) is 0 Å². The van der Waals surface area contributed by atoms with Crippen LogP contribution in [-0.2, 0) is 19.2 Å². The fraction of sp³-hybridized carbons (Fsp3) is 0.789. The fourth-order valence-corrected chi connectivity index (χ4v) is 3.25. The lowest BCUT2D eigenvalue weighted by Gasteiger charge is -2.27. The molecule has 0 aliphatic carbocycles. The number of hydrogen-bond donors (Lipinski definition) is 6. The van der Waals surface area contributed by atoms with Gasteiger partial charge in [-0.3, -0.25) is 14.4 Å². The van der Waals surface area contributed by atoms with E-state index < -0.39 is 47.9 Å². The van der Waals surface area contributed by atoms with Crippen LogP contribution in [0.15, 0.2) is 0 Å². The number of carbonyl (C=O) groups excluding carboxylic acids is 3. The highest BCUT2D eigenvalue weighted by Crippen LogP contribution is 2.09. The number of rotatable bonds is 14. The SMILES string of the molecule is CSCCC(NC(=O)C(NC(=O)C(CC(C)C)NC(=O)C(N)CS)C(C)C)C(=O)O. The molecule has 30 heavy (non-hydrogen) atoms. The molecule has 0 saturated heterocycles. The van der Waals surface area contributed by atoms with Crippen molar-refractivity contribution in [3.8, 4) is 0 Å². The monoisotopic (exact) mass is 464 g/mol. The molecular formula is C19H36N4O5S2. The van der Waals surface area contributed by atoms with Crippen LogP contribution in [0, 0.1) is 11.8 Å². The van der Waals surface area contributed by atoms with Gasteiger partial charge in [0.1, 0.15) is 18.1 Å². The summed E-state index contributed by atoms with van der Waals surface area (Å²) in [5, 5.41) is 17.1. The van der Waals surface area contributed by atoms with Crippen LogP contribution in [-0.4, -0.2) is 70.7 Å². The second-order valence-electron chi connectivity index (χ2n) is 7.89. The topological polar surface area (TPSA) is 151 Å². The molecule has 4 unspecified atom stereocenters. The first kappa shape index (κ1) is 28.5. The Kier molecular flexibility index (Phi) is 13.8. The van der Waals surface area contributed by atoms with Gasteiger partial charge in [-0.25, -0.2) is 4.79 Å². The van der Waals surface area contributed by atoms with E-state index in [-0.39, 0.29) is 24.0 Å². The van der Waals surface area contributed by atoms with Gasteiger partial charge in [-0.15, -0.1) is 0 Å². The molecule has 6 N–H and O–H groups in total. The van der Waals surface area contributed by atoms with Crippen LogP contribution in [0.3, 0.4) is 0 Å². The number of carboxylic acids is 1. The van der Waals surface area contributed by atoms with E-state index in [2.05, 4.69) is 28.6 Å². The molecule has 0 aromatic heterocycles. The average molecular weight is 465 g/mol. The van der Waals surface area contributed by atoms with Gasteiger partial charge in [-0.05, 0) is 36.7 Å². The molecule has 0 heterocycles. The molecule has 9 nitrogen and oxygen atoms in total. The third kappa shape index (κ3) is 10.5. The van der Waals surface area contributed by atoms with Gasteiger partial charge in [0.2, 0.25) is 17.7 Å². The molecule has 0 aliphatic rings. The number of hydrogen-bond acceptors (Lipinski definition) is 7. The van der Waals surface area contributed by atoms with Crippen molar-refractivity contribution >= 4 is 48.1 Å². The number of nitrogens with two attached hydrogens (primary N) is 1. The normalized spacial score (nSPS) is 15.2. The maximum atomic E-state index is 12.9. The number of amides is 3. The highest BCUT2D eigenvalue weighted by Gasteiger charge is 2.31. The minimum absolute atomic E-state index is 0.0996. The first-order chi connectivity index (χ1) is 13.9. The Bertz CT molecular complexity index is 589. The van der Waals surface area contributed by atoms with Crippen LogP contribution in [0.4, 0.5) is 0 Å². The standard InChI is InChI=1S/C19H36N4O5S2/c1-10(2)8-14(22-16(24)12(20)9-29)17(25)23-15(11(3)4)18(26)21-13(19(27)28)6-7-30-5/h10-15,29H,6-9,20H2,1-5H3,(H,21,26)(H,22,24)(H,23,25)(H,27,28). The Morgan fingerprint density at radius 3 is 1.97 bits per heavy atom. The zero-order valence-electron chi connectivity index (χ0n) is 18.3. The Morgan fingerprint density at radius 1 is 0.967 bits per heavy atom. The second-order valence-corrected chi connectivity index (χ2v) is 9.24. The predicted octanol–water partition coefficient (Wildman–Crippen LogP) is 0.238. The van der Waals surface area contributed by atoms with Gasteiger partial charge in [0, 0.05) is 5.75 Å². The van der Waals surface area contributed by atoms with Crippen molar-refractivity contribution in [1.82, 2.24) is 16.0 Å². The lowest BCUT2D eigenvalue weighted by Crippen LogP contribution is -2.58. The van der Waals surface area contributed by atoms with Crippen molar-refractivity contribution in [2.75, 3.05) is 17.8 Å². The summed E-state index contributed by atoms with van der Waals surface area (Å²) < 4.78 is 0. The van der Waals surface area contributed by atoms with E-state index in [1.807, 2.05) is 20.1 Å². The molecule has 0 fully saturated rings. The van der Waals surface area contributed by atoms with E-state index in [0.29, 0.717) is 12.2 Å². The number of thiol groups is 1. The predicted molar refractivity (Wildman–Crippen MR) is 123 cm³/mol. The van der Waals surface area contributed by atoms with Gasteiger partial charge < -0.3 is 26.8 Å². The zero-order chi connectivity index (χ0) is 23.4. The van der Waals surface area contributed by atoms with Crippen molar-refractivity contribution in [2.24, 2.45) is 17.6 Å². The summed E-state index contributed by atoms with van der Waals surface area (Å²) in [6.45, 7) is 7.30. The third-order valence-electron chi connectivity index (χ3n) is 4.35. The number of carbonyl (C=O) groups is 4. The fourth-order valence-electron chi connectivity index (χ4n) is 2.61. The first-order valence-corrected chi connectivity index (χ1v) is 12.0. The molecular weight excluding hydrogens is 428 g/mol. The van der Waals surface area contributed by atoms with Crippen molar-refractivity contribution in [3.63, 3.8) is 0 Å². The molecule has 174 valence electrons. The van der Waals surface area contributed by atoms with Gasteiger partial charge in [0.15, 0.2) is 0 Å². The van der Waals surface area contributed by atoms with Crippen LogP contribution in [0.1, 0.15) is 40.5 Å². The molecule has 3 amide bonds. The third-order valence-corrected chi connectivity index (χ3v) is 5.38. The van der Waals surface area contributed by atoms with Gasteiger partial charge >= 0.3 is 5.97 Å². The van der Waals surface area contributed by atoms with E-state index in [1.165, 1.54) is 11.8 Å². The number of thioether (sulfide) groups is 1. The molecule has 11 heteroatoms. The summed E-state index contributed by atoms with van der Waals surface area (Å²) in [7, 11) is 0. The average Bonchev–Trinajstić information content (AvgIpc) is 2.66. The Hall–Kier alpha value is -1.46. The molecule has 0 aromatic carbocycles. The lowest BCUT2D eigenvalue weighted by atomic mass is 9.99. The molecule has 0 radical (unpaired) electrons. The maximum Gasteiger partial charge on any atom is 0.326 e. The molecule has 0 rings (SSSR count). The van der Waals surface area contributed by atoms with E-state index in [9.17, 15) is 24.3 Å². The van der Waals surface area contributed by atoms with E-state index in [1.54, 1.807) is 13.8 Å². The van der Waals surface area contributed by atoms with Crippen LogP contribution >= 0.6 is 24.4 Å². The minimum atomic E-state index is -1.13. The molecule has 0 spiro atoms.